The van der Waals surface area contributed by atoms with E-state index in [1.807, 2.05) is 62.4 Å². The highest BCUT2D eigenvalue weighted by Crippen LogP contribution is 2.23. The third-order valence-corrected chi connectivity index (χ3v) is 6.00. The maximum atomic E-state index is 13.1. The van der Waals surface area contributed by atoms with E-state index in [0.717, 1.165) is 42.5 Å². The van der Waals surface area contributed by atoms with E-state index in [-0.39, 0.29) is 12.0 Å². The van der Waals surface area contributed by atoms with Crippen molar-refractivity contribution in [3.8, 4) is 5.75 Å². The Balaban J connectivity index is 1.87. The molecule has 0 fully saturated rings. The van der Waals surface area contributed by atoms with Crippen LogP contribution in [0.5, 0.6) is 5.75 Å². The van der Waals surface area contributed by atoms with Crippen LogP contribution in [0.15, 0.2) is 60.8 Å². The van der Waals surface area contributed by atoms with Gasteiger partial charge in [0.05, 0.1) is 13.2 Å². The molecule has 2 N–H and O–H groups in total. The number of ether oxygens (including phenoxy) is 2. The van der Waals surface area contributed by atoms with Crippen LogP contribution in [0.4, 0.5) is 4.79 Å². The summed E-state index contributed by atoms with van der Waals surface area (Å²) in [4.78, 5) is 26.9. The number of benzene rings is 2. The molecule has 0 aliphatic rings. The van der Waals surface area contributed by atoms with Crippen LogP contribution in [0, 0.1) is 6.92 Å². The van der Waals surface area contributed by atoms with E-state index < -0.39 is 5.60 Å². The molecule has 0 aliphatic carbocycles. The smallest absolute Gasteiger partial charge is 0.349 e. The van der Waals surface area contributed by atoms with Gasteiger partial charge in [-0.3, -0.25) is 9.91 Å². The number of hydrogen-bond donors (Lipinski definition) is 1. The average molecular weight is 510 g/mol. The first-order valence-corrected chi connectivity index (χ1v) is 13.1. The predicted molar refractivity (Wildman–Crippen MR) is 148 cm³/mol. The van der Waals surface area contributed by atoms with Gasteiger partial charge >= 0.3 is 12.0 Å². The Morgan fingerprint density at radius 1 is 1.03 bits per heavy atom. The monoisotopic (exact) mass is 509 g/mol. The third kappa shape index (κ3) is 9.57. The first-order valence-electron chi connectivity index (χ1n) is 13.1. The van der Waals surface area contributed by atoms with Gasteiger partial charge in [0.2, 0.25) is 0 Å². The van der Waals surface area contributed by atoms with Gasteiger partial charge in [0.25, 0.3) is 0 Å². The number of rotatable bonds is 14. The minimum absolute atomic E-state index is 0.235. The summed E-state index contributed by atoms with van der Waals surface area (Å²) in [6, 6.07) is 15.5. The van der Waals surface area contributed by atoms with E-state index in [2.05, 4.69) is 6.58 Å². The number of hydrogen-bond acceptors (Lipinski definition) is 5. The highest BCUT2D eigenvalue weighted by Gasteiger charge is 2.31. The predicted octanol–water partition coefficient (Wildman–Crippen LogP) is 6.15. The van der Waals surface area contributed by atoms with Crippen molar-refractivity contribution in [2.75, 3.05) is 13.2 Å². The molecule has 2 amide bonds. The molecule has 2 aromatic rings. The molecule has 0 spiro atoms. The summed E-state index contributed by atoms with van der Waals surface area (Å²) in [5.41, 5.74) is 2.99. The molecule has 0 unspecified atom stereocenters. The molecular formula is C30H43N3O4. The second-order valence-corrected chi connectivity index (χ2v) is 9.80. The molecule has 2 aromatic carbocycles. The average Bonchev–Trinajstić information content (AvgIpc) is 2.86. The van der Waals surface area contributed by atoms with Crippen LogP contribution >= 0.6 is 0 Å². The van der Waals surface area contributed by atoms with E-state index >= 15 is 0 Å². The summed E-state index contributed by atoms with van der Waals surface area (Å²) in [5, 5.41) is 1.26. The lowest BCUT2D eigenvalue weighted by Crippen LogP contribution is -2.46. The second-order valence-electron chi connectivity index (χ2n) is 9.80. The van der Waals surface area contributed by atoms with E-state index in [9.17, 15) is 9.59 Å². The van der Waals surface area contributed by atoms with Crippen LogP contribution in [0.3, 0.4) is 0 Å². The van der Waals surface area contributed by atoms with Gasteiger partial charge in [0.1, 0.15) is 5.75 Å². The number of carbonyl (C=O) groups is 2. The molecule has 0 saturated heterocycles. The Kier molecular flexibility index (Phi) is 11.7. The van der Waals surface area contributed by atoms with E-state index in [0.29, 0.717) is 31.9 Å². The molecule has 37 heavy (non-hydrogen) atoms. The maximum Gasteiger partial charge on any atom is 0.349 e. The zero-order chi connectivity index (χ0) is 27.4. The van der Waals surface area contributed by atoms with Crippen molar-refractivity contribution in [3.05, 3.63) is 77.5 Å². The fraction of sp³-hybridized carbons (Fsp3) is 0.467. The molecular weight excluding hydrogens is 466 g/mol. The molecule has 0 saturated carbocycles. The quantitative estimate of drug-likeness (QED) is 0.109. The molecule has 7 nitrogen and oxygen atoms in total. The molecule has 202 valence electrons. The molecule has 2 rings (SSSR count). The number of aryl methyl sites for hydroxylation is 2. The van der Waals surface area contributed by atoms with Gasteiger partial charge in [-0.05, 0) is 83.1 Å². The SMILES string of the molecule is C=C(CCCCc1cccc(OC(C)(C)C(=O)OCC)c1)N(CCC)C(=O)N(N)Cc1ccc(C)cc1. The fourth-order valence-corrected chi connectivity index (χ4v) is 3.92. The highest BCUT2D eigenvalue weighted by molar-refractivity contribution is 5.79. The number of urea groups is 1. The zero-order valence-electron chi connectivity index (χ0n) is 23.1. The normalized spacial score (nSPS) is 11.1. The van der Waals surface area contributed by atoms with Crippen LogP contribution in [-0.4, -0.2) is 40.7 Å². The van der Waals surface area contributed by atoms with Crippen molar-refractivity contribution in [2.45, 2.75) is 78.9 Å². The summed E-state index contributed by atoms with van der Waals surface area (Å²) in [5.74, 6) is 6.39. The number of nitrogens with two attached hydrogens (primary N) is 1. The second kappa shape index (κ2) is 14.4. The first-order chi connectivity index (χ1) is 17.6. The Hall–Kier alpha value is -3.32. The highest BCUT2D eigenvalue weighted by atomic mass is 16.6. The van der Waals surface area contributed by atoms with Crippen LogP contribution < -0.4 is 10.6 Å². The minimum Gasteiger partial charge on any atom is -0.476 e. The molecule has 7 heteroatoms. The van der Waals surface area contributed by atoms with Crippen LogP contribution in [0.2, 0.25) is 0 Å². The lowest BCUT2D eigenvalue weighted by molar-refractivity contribution is -0.158. The summed E-state index contributed by atoms with van der Waals surface area (Å²) in [7, 11) is 0. The minimum atomic E-state index is -1.06. The summed E-state index contributed by atoms with van der Waals surface area (Å²) >= 11 is 0. The Bertz CT molecular complexity index is 1030. The van der Waals surface area contributed by atoms with Gasteiger partial charge in [-0.25, -0.2) is 15.4 Å². The fourth-order valence-electron chi connectivity index (χ4n) is 3.92. The van der Waals surface area contributed by atoms with Gasteiger partial charge in [0, 0.05) is 12.2 Å². The van der Waals surface area contributed by atoms with E-state index in [4.69, 9.17) is 15.3 Å². The van der Waals surface area contributed by atoms with Crippen molar-refractivity contribution in [3.63, 3.8) is 0 Å². The zero-order valence-corrected chi connectivity index (χ0v) is 23.1. The molecule has 0 aromatic heterocycles. The molecule has 0 bridgehead atoms. The Morgan fingerprint density at radius 3 is 2.38 bits per heavy atom. The van der Waals surface area contributed by atoms with Gasteiger partial charge in [-0.15, -0.1) is 0 Å². The van der Waals surface area contributed by atoms with Gasteiger partial charge in [0.15, 0.2) is 5.60 Å². The van der Waals surface area contributed by atoms with Crippen LogP contribution in [0.1, 0.15) is 70.1 Å². The molecule has 0 atom stereocenters. The Morgan fingerprint density at radius 2 is 1.73 bits per heavy atom. The number of unbranched alkanes of at least 4 members (excludes halogenated alkanes) is 1. The van der Waals surface area contributed by atoms with Gasteiger partial charge in [-0.1, -0.05) is 55.5 Å². The van der Waals surface area contributed by atoms with E-state index in [1.165, 1.54) is 10.6 Å². The van der Waals surface area contributed by atoms with Crippen LogP contribution in [0.25, 0.3) is 0 Å². The summed E-state index contributed by atoms with van der Waals surface area (Å²) in [6.45, 7) is 14.7. The van der Waals surface area contributed by atoms with Crippen LogP contribution in [-0.2, 0) is 22.5 Å². The third-order valence-electron chi connectivity index (χ3n) is 6.00. The topological polar surface area (TPSA) is 85.1 Å². The standard InChI is InChI=1S/C30H43N3O4/c1-7-20-32(29(35)33(31)22-26-18-16-23(3)17-19-26)24(4)12-9-10-13-25-14-11-15-27(21-25)37-30(5,6)28(34)36-8-2/h11,14-19,21H,4,7-10,12-13,20,22,31H2,1-3,5-6H3. The first kappa shape index (κ1) is 29.9. The number of hydrazine groups is 1. The maximum absolute atomic E-state index is 13.1. The van der Waals surface area contributed by atoms with Crippen molar-refractivity contribution in [1.82, 2.24) is 9.91 Å². The van der Waals surface area contributed by atoms with Crippen molar-refractivity contribution in [2.24, 2.45) is 5.84 Å². The number of nitrogens with zero attached hydrogens (tertiary/aromatic N) is 2. The van der Waals surface area contributed by atoms with Crippen molar-refractivity contribution in [1.29, 1.82) is 0 Å². The Labute approximate surface area is 222 Å². The van der Waals surface area contributed by atoms with Crippen molar-refractivity contribution >= 4 is 12.0 Å². The number of carbonyl (C=O) groups excluding carboxylic acids is 2. The number of allylic oxidation sites excluding steroid dienone is 1. The van der Waals surface area contributed by atoms with Crippen molar-refractivity contribution < 1.29 is 19.1 Å². The lowest BCUT2D eigenvalue weighted by Gasteiger charge is -2.29. The van der Waals surface area contributed by atoms with Gasteiger partial charge < -0.3 is 9.47 Å². The summed E-state index contributed by atoms with van der Waals surface area (Å²) in [6.07, 6.45) is 4.18. The number of amides is 2. The summed E-state index contributed by atoms with van der Waals surface area (Å²) < 4.78 is 11.0. The largest absolute Gasteiger partial charge is 0.476 e. The number of esters is 1. The lowest BCUT2D eigenvalue weighted by atomic mass is 10.1. The van der Waals surface area contributed by atoms with E-state index in [1.54, 1.807) is 25.7 Å². The molecule has 0 aliphatic heterocycles. The molecule has 0 heterocycles. The molecule has 0 radical (unpaired) electrons. The van der Waals surface area contributed by atoms with Gasteiger partial charge in [-0.2, -0.15) is 0 Å².